The molecule has 0 aliphatic carbocycles. The van der Waals surface area contributed by atoms with Crippen LogP contribution in [-0.2, 0) is 10.8 Å². The molecule has 0 radical (unpaired) electrons. The van der Waals surface area contributed by atoms with Crippen LogP contribution < -0.4 is 0 Å². The lowest BCUT2D eigenvalue weighted by molar-refractivity contribution is 0.590. The lowest BCUT2D eigenvalue weighted by atomic mass is 9.87. The SMILES string of the molecule is CC(C)(C)c1ccc(C#CC#CC#CC#Cc2ccc(C(C)(C)C)cc2)cc1. The predicted octanol–water partition coefficient (Wildman–Crippen LogP) is 5.69. The Morgan fingerprint density at radius 1 is 0.429 bits per heavy atom. The maximum Gasteiger partial charge on any atom is 0.0255 e. The molecule has 0 fully saturated rings. The van der Waals surface area contributed by atoms with Crippen LogP contribution in [0.3, 0.4) is 0 Å². The quantitative estimate of drug-likeness (QED) is 0.528. The third-order valence-electron chi connectivity index (χ3n) is 4.23. The Morgan fingerprint density at radius 3 is 1.00 bits per heavy atom. The van der Waals surface area contributed by atoms with Gasteiger partial charge in [-0.05, 0) is 81.7 Å². The van der Waals surface area contributed by atoms with E-state index in [4.69, 9.17) is 0 Å². The molecule has 2 aromatic carbocycles. The first kappa shape index (κ1) is 21.0. The van der Waals surface area contributed by atoms with Crippen molar-refractivity contribution in [3.8, 4) is 47.4 Å². The highest BCUT2D eigenvalue weighted by molar-refractivity contribution is 5.47. The molecule has 0 unspecified atom stereocenters. The van der Waals surface area contributed by atoms with Gasteiger partial charge < -0.3 is 0 Å². The van der Waals surface area contributed by atoms with Crippen LogP contribution in [0.25, 0.3) is 0 Å². The van der Waals surface area contributed by atoms with Crippen LogP contribution in [0.5, 0.6) is 0 Å². The summed E-state index contributed by atoms with van der Waals surface area (Å²) in [5.74, 6) is 22.7. The average molecular weight is 363 g/mol. The van der Waals surface area contributed by atoms with Crippen LogP contribution >= 0.6 is 0 Å². The van der Waals surface area contributed by atoms with Crippen LogP contribution in [0.4, 0.5) is 0 Å². The normalized spacial score (nSPS) is 10.1. The molecular weight excluding hydrogens is 336 g/mol. The number of benzene rings is 2. The van der Waals surface area contributed by atoms with E-state index in [9.17, 15) is 0 Å². The topological polar surface area (TPSA) is 0 Å². The molecule has 0 aliphatic heterocycles. The second-order valence-electron chi connectivity index (χ2n) is 8.65. The van der Waals surface area contributed by atoms with Crippen LogP contribution in [-0.4, -0.2) is 0 Å². The fourth-order valence-corrected chi connectivity index (χ4v) is 2.44. The highest BCUT2D eigenvalue weighted by Crippen LogP contribution is 2.22. The molecule has 0 atom stereocenters. The second kappa shape index (κ2) is 9.05. The smallest absolute Gasteiger partial charge is 0.0255 e. The van der Waals surface area contributed by atoms with Gasteiger partial charge in [-0.2, -0.15) is 0 Å². The van der Waals surface area contributed by atoms with Crippen molar-refractivity contribution in [1.82, 2.24) is 0 Å². The first-order chi connectivity index (χ1) is 13.2. The molecule has 0 heteroatoms. The van der Waals surface area contributed by atoms with E-state index in [1.54, 1.807) is 0 Å². The minimum Gasteiger partial charge on any atom is -0.0573 e. The van der Waals surface area contributed by atoms with Crippen LogP contribution in [0.1, 0.15) is 63.8 Å². The highest BCUT2D eigenvalue weighted by Gasteiger charge is 2.13. The van der Waals surface area contributed by atoms with Gasteiger partial charge in [0.25, 0.3) is 0 Å². The molecule has 2 aromatic rings. The van der Waals surface area contributed by atoms with Gasteiger partial charge in [-0.1, -0.05) is 77.6 Å². The molecule has 138 valence electrons. The largest absolute Gasteiger partial charge is 0.0573 e. The molecule has 0 amide bonds. The maximum atomic E-state index is 3.03. The van der Waals surface area contributed by atoms with E-state index in [0.717, 1.165) is 11.1 Å². The molecule has 0 saturated carbocycles. The van der Waals surface area contributed by atoms with E-state index in [1.807, 2.05) is 24.3 Å². The Kier molecular flexibility index (Phi) is 6.79. The summed E-state index contributed by atoms with van der Waals surface area (Å²) in [7, 11) is 0. The van der Waals surface area contributed by atoms with Gasteiger partial charge in [0.2, 0.25) is 0 Å². The van der Waals surface area contributed by atoms with Gasteiger partial charge in [-0.25, -0.2) is 0 Å². The Hall–Kier alpha value is -3.32. The van der Waals surface area contributed by atoms with Crippen LogP contribution in [0.2, 0.25) is 0 Å². The summed E-state index contributed by atoms with van der Waals surface area (Å²) in [4.78, 5) is 0. The molecule has 0 spiro atoms. The molecule has 0 nitrogen and oxygen atoms in total. The second-order valence-corrected chi connectivity index (χ2v) is 8.65. The summed E-state index contributed by atoms with van der Waals surface area (Å²) in [5.41, 5.74) is 4.79. The van der Waals surface area contributed by atoms with Crippen molar-refractivity contribution in [2.75, 3.05) is 0 Å². The van der Waals surface area contributed by atoms with E-state index in [0.29, 0.717) is 0 Å². The minimum absolute atomic E-state index is 0.150. The lowest BCUT2D eigenvalue weighted by Crippen LogP contribution is -2.10. The minimum atomic E-state index is 0.150. The summed E-state index contributed by atoms with van der Waals surface area (Å²) in [6.45, 7) is 13.2. The fraction of sp³-hybridized carbons (Fsp3) is 0.286. The predicted molar refractivity (Wildman–Crippen MR) is 120 cm³/mol. The van der Waals surface area contributed by atoms with Gasteiger partial charge in [0.15, 0.2) is 0 Å². The summed E-state index contributed by atoms with van der Waals surface area (Å²) in [6, 6.07) is 16.5. The van der Waals surface area contributed by atoms with Crippen molar-refractivity contribution in [3.05, 3.63) is 70.8 Å². The Bertz CT molecular complexity index is 958. The van der Waals surface area contributed by atoms with Crippen LogP contribution in [0, 0.1) is 47.4 Å². The zero-order chi connectivity index (χ0) is 20.6. The Balaban J connectivity index is 1.95. The highest BCUT2D eigenvalue weighted by atomic mass is 14.2. The van der Waals surface area contributed by atoms with Crippen molar-refractivity contribution in [2.24, 2.45) is 0 Å². The van der Waals surface area contributed by atoms with Crippen molar-refractivity contribution >= 4 is 0 Å². The number of rotatable bonds is 0. The van der Waals surface area contributed by atoms with E-state index in [2.05, 4.69) is 113 Å². The molecule has 0 heterocycles. The van der Waals surface area contributed by atoms with Crippen molar-refractivity contribution in [3.63, 3.8) is 0 Å². The average Bonchev–Trinajstić information content (AvgIpc) is 2.63. The van der Waals surface area contributed by atoms with Crippen molar-refractivity contribution < 1.29 is 0 Å². The molecule has 0 aliphatic rings. The third-order valence-corrected chi connectivity index (χ3v) is 4.23. The van der Waals surface area contributed by atoms with E-state index in [-0.39, 0.29) is 10.8 Å². The molecule has 2 rings (SSSR count). The van der Waals surface area contributed by atoms with Gasteiger partial charge >= 0.3 is 0 Å². The first-order valence-corrected chi connectivity index (χ1v) is 9.39. The number of hydrogen-bond donors (Lipinski definition) is 0. The van der Waals surface area contributed by atoms with Crippen molar-refractivity contribution in [1.29, 1.82) is 0 Å². The van der Waals surface area contributed by atoms with E-state index >= 15 is 0 Å². The molecule has 0 saturated heterocycles. The maximum absolute atomic E-state index is 3.03. The third kappa shape index (κ3) is 6.77. The zero-order valence-corrected chi connectivity index (χ0v) is 17.6. The zero-order valence-electron chi connectivity index (χ0n) is 17.6. The van der Waals surface area contributed by atoms with Gasteiger partial charge in [0.05, 0.1) is 0 Å². The van der Waals surface area contributed by atoms with Gasteiger partial charge in [-0.3, -0.25) is 0 Å². The molecular formula is C28H26. The van der Waals surface area contributed by atoms with Gasteiger partial charge in [0, 0.05) is 11.1 Å². The van der Waals surface area contributed by atoms with E-state index in [1.165, 1.54) is 11.1 Å². The summed E-state index contributed by atoms with van der Waals surface area (Å²) in [6.07, 6.45) is 0. The Labute approximate surface area is 170 Å². The summed E-state index contributed by atoms with van der Waals surface area (Å²) in [5, 5.41) is 0. The molecule has 0 bridgehead atoms. The Morgan fingerprint density at radius 2 is 0.714 bits per heavy atom. The van der Waals surface area contributed by atoms with Crippen molar-refractivity contribution in [2.45, 2.75) is 52.4 Å². The van der Waals surface area contributed by atoms with Gasteiger partial charge in [0.1, 0.15) is 0 Å². The number of hydrogen-bond acceptors (Lipinski definition) is 0. The molecule has 28 heavy (non-hydrogen) atoms. The van der Waals surface area contributed by atoms with Gasteiger partial charge in [-0.15, -0.1) is 0 Å². The fourth-order valence-electron chi connectivity index (χ4n) is 2.44. The van der Waals surface area contributed by atoms with Crippen LogP contribution in [0.15, 0.2) is 48.5 Å². The lowest BCUT2D eigenvalue weighted by Gasteiger charge is -2.18. The first-order valence-electron chi connectivity index (χ1n) is 9.39. The monoisotopic (exact) mass is 362 g/mol. The van der Waals surface area contributed by atoms with E-state index < -0.39 is 0 Å². The molecule has 0 aromatic heterocycles. The summed E-state index contributed by atoms with van der Waals surface area (Å²) >= 11 is 0. The summed E-state index contributed by atoms with van der Waals surface area (Å²) < 4.78 is 0. The molecule has 0 N–H and O–H groups in total. The standard InChI is InChI=1S/C28H26/c1-27(2,3)25-19-15-23(16-20-25)13-11-9-7-8-10-12-14-24-17-21-26(22-18-24)28(4,5)6/h15-22H,1-6H3.